The van der Waals surface area contributed by atoms with E-state index in [2.05, 4.69) is 10.6 Å². The van der Waals surface area contributed by atoms with E-state index in [1.807, 2.05) is 30.3 Å². The molecule has 2 heterocycles. The molecule has 6 heteroatoms. The van der Waals surface area contributed by atoms with Crippen LogP contribution in [0.15, 0.2) is 72.8 Å². The molecule has 2 aliphatic heterocycles. The number of para-hydroxylation sites is 1. The van der Waals surface area contributed by atoms with Crippen LogP contribution in [0.5, 0.6) is 0 Å². The van der Waals surface area contributed by atoms with Gasteiger partial charge in [-0.3, -0.25) is 9.59 Å². The summed E-state index contributed by atoms with van der Waals surface area (Å²) in [4.78, 5) is 26.8. The van der Waals surface area contributed by atoms with E-state index in [-0.39, 0.29) is 17.4 Å². The minimum atomic E-state index is -1.42. The Morgan fingerprint density at radius 1 is 0.839 bits per heavy atom. The molecule has 5 rings (SSSR count). The first-order valence-corrected chi connectivity index (χ1v) is 10.2. The number of halogens is 2. The average molecular weight is 418 g/mol. The number of hydrogen-bond acceptors (Lipinski definition) is 2. The fourth-order valence-electron chi connectivity index (χ4n) is 5.29. The van der Waals surface area contributed by atoms with Gasteiger partial charge in [0, 0.05) is 23.1 Å². The number of anilines is 1. The second-order valence-corrected chi connectivity index (χ2v) is 8.12. The van der Waals surface area contributed by atoms with E-state index in [4.69, 9.17) is 0 Å². The predicted octanol–water partition coefficient (Wildman–Crippen LogP) is 4.45. The summed E-state index contributed by atoms with van der Waals surface area (Å²) in [6, 6.07) is 19.0. The summed E-state index contributed by atoms with van der Waals surface area (Å²) in [5.41, 5.74) is 0.231. The lowest BCUT2D eigenvalue weighted by atomic mass is 9.56. The third-order valence-electron chi connectivity index (χ3n) is 6.59. The second kappa shape index (κ2) is 7.01. The van der Waals surface area contributed by atoms with Crippen molar-refractivity contribution >= 4 is 17.5 Å². The molecule has 0 unspecified atom stereocenters. The van der Waals surface area contributed by atoms with Crippen molar-refractivity contribution in [1.29, 1.82) is 0 Å². The Morgan fingerprint density at radius 2 is 1.48 bits per heavy atom. The molecule has 4 atom stereocenters. The molecule has 31 heavy (non-hydrogen) atoms. The highest BCUT2D eigenvalue weighted by Gasteiger charge is 2.64. The van der Waals surface area contributed by atoms with Crippen LogP contribution in [0.25, 0.3) is 0 Å². The van der Waals surface area contributed by atoms with Crippen LogP contribution in [-0.2, 0) is 15.0 Å². The van der Waals surface area contributed by atoms with Gasteiger partial charge in [-0.05, 0) is 29.3 Å². The molecule has 4 nitrogen and oxygen atoms in total. The summed E-state index contributed by atoms with van der Waals surface area (Å²) in [5.74, 6) is -4.17. The fourth-order valence-corrected chi connectivity index (χ4v) is 5.29. The molecule has 2 aliphatic rings. The monoisotopic (exact) mass is 418 g/mol. The van der Waals surface area contributed by atoms with Crippen molar-refractivity contribution in [2.75, 3.05) is 5.32 Å². The number of nitrogens with one attached hydrogen (secondary N) is 2. The maximum atomic E-state index is 15.1. The molecule has 0 aromatic heterocycles. The lowest BCUT2D eigenvalue weighted by Gasteiger charge is -2.49. The average Bonchev–Trinajstić information content (AvgIpc) is 3.06. The van der Waals surface area contributed by atoms with E-state index in [9.17, 15) is 9.59 Å². The number of rotatable bonds is 2. The summed E-state index contributed by atoms with van der Waals surface area (Å²) in [5, 5.41) is 5.88. The summed E-state index contributed by atoms with van der Waals surface area (Å²) < 4.78 is 30.2. The number of fused-ring (bicyclic) bond motifs is 2. The van der Waals surface area contributed by atoms with Crippen molar-refractivity contribution in [3.8, 4) is 0 Å². The summed E-state index contributed by atoms with van der Waals surface area (Å²) in [6.45, 7) is 1.61. The van der Waals surface area contributed by atoms with E-state index in [0.717, 1.165) is 0 Å². The van der Waals surface area contributed by atoms with Crippen molar-refractivity contribution in [3.05, 3.63) is 101 Å². The lowest BCUT2D eigenvalue weighted by molar-refractivity contribution is -0.135. The van der Waals surface area contributed by atoms with Crippen molar-refractivity contribution in [3.63, 3.8) is 0 Å². The molecule has 2 N–H and O–H groups in total. The zero-order chi connectivity index (χ0) is 21.8. The molecule has 0 saturated carbocycles. The Kier molecular flexibility index (Phi) is 4.39. The van der Waals surface area contributed by atoms with Crippen molar-refractivity contribution < 1.29 is 18.4 Å². The number of benzene rings is 3. The van der Waals surface area contributed by atoms with Gasteiger partial charge in [0.1, 0.15) is 17.0 Å². The number of carbonyl (C=O) groups is 2. The normalized spacial score (nSPS) is 27.0. The minimum Gasteiger partial charge on any atom is -0.348 e. The molecule has 1 fully saturated rings. The van der Waals surface area contributed by atoms with Gasteiger partial charge in [0.2, 0.25) is 11.8 Å². The Balaban J connectivity index is 1.88. The first-order valence-electron chi connectivity index (χ1n) is 10.2. The van der Waals surface area contributed by atoms with Crippen LogP contribution in [0.1, 0.15) is 35.6 Å². The molecule has 3 aromatic carbocycles. The number of amides is 2. The SMILES string of the molecule is C[C@@H]1C(=O)N[C@H](c2ccccc2)[C@@]2(C(=O)Nc3ccccc32)[C@@H]1c1c(F)cccc1F. The highest BCUT2D eigenvalue weighted by atomic mass is 19.1. The third-order valence-corrected chi connectivity index (χ3v) is 6.59. The number of hydrogen-bond donors (Lipinski definition) is 2. The van der Waals surface area contributed by atoms with Gasteiger partial charge in [0.05, 0.1) is 6.04 Å². The quantitative estimate of drug-likeness (QED) is 0.646. The topological polar surface area (TPSA) is 58.2 Å². The van der Waals surface area contributed by atoms with Crippen LogP contribution in [-0.4, -0.2) is 11.8 Å². The summed E-state index contributed by atoms with van der Waals surface area (Å²) >= 11 is 0. The fraction of sp³-hybridized carbons (Fsp3) is 0.200. The highest BCUT2D eigenvalue weighted by molar-refractivity contribution is 6.09. The molecule has 0 aliphatic carbocycles. The van der Waals surface area contributed by atoms with Gasteiger partial charge < -0.3 is 10.6 Å². The Bertz CT molecular complexity index is 1180. The van der Waals surface area contributed by atoms with Crippen LogP contribution in [0, 0.1) is 17.6 Å². The highest BCUT2D eigenvalue weighted by Crippen LogP contribution is 2.59. The first kappa shape index (κ1) is 19.4. The smallest absolute Gasteiger partial charge is 0.238 e. The molecular weight excluding hydrogens is 398 g/mol. The van der Waals surface area contributed by atoms with Crippen molar-refractivity contribution in [1.82, 2.24) is 5.32 Å². The van der Waals surface area contributed by atoms with E-state index >= 15 is 8.78 Å². The Morgan fingerprint density at radius 3 is 2.19 bits per heavy atom. The molecule has 1 spiro atoms. The zero-order valence-electron chi connectivity index (χ0n) is 16.7. The summed E-state index contributed by atoms with van der Waals surface area (Å²) in [7, 11) is 0. The summed E-state index contributed by atoms with van der Waals surface area (Å²) in [6.07, 6.45) is 0. The van der Waals surface area contributed by atoms with Gasteiger partial charge in [-0.1, -0.05) is 61.5 Å². The maximum Gasteiger partial charge on any atom is 0.238 e. The number of carbonyl (C=O) groups excluding carboxylic acids is 2. The van der Waals surface area contributed by atoms with Crippen LogP contribution < -0.4 is 10.6 Å². The van der Waals surface area contributed by atoms with E-state index in [1.54, 1.807) is 31.2 Å². The van der Waals surface area contributed by atoms with Crippen LogP contribution in [0.2, 0.25) is 0 Å². The van der Waals surface area contributed by atoms with E-state index in [0.29, 0.717) is 16.8 Å². The van der Waals surface area contributed by atoms with E-state index < -0.39 is 34.9 Å². The van der Waals surface area contributed by atoms with Gasteiger partial charge >= 0.3 is 0 Å². The largest absolute Gasteiger partial charge is 0.348 e. The van der Waals surface area contributed by atoms with E-state index in [1.165, 1.54) is 18.2 Å². The molecule has 1 saturated heterocycles. The third kappa shape index (κ3) is 2.64. The maximum absolute atomic E-state index is 15.1. The minimum absolute atomic E-state index is 0.238. The molecule has 0 bridgehead atoms. The van der Waals surface area contributed by atoms with Crippen molar-refractivity contribution in [2.24, 2.45) is 5.92 Å². The Hall–Kier alpha value is -3.54. The molecule has 2 amide bonds. The Labute approximate surface area is 178 Å². The second-order valence-electron chi connectivity index (χ2n) is 8.12. The molecule has 0 radical (unpaired) electrons. The first-order chi connectivity index (χ1) is 15.0. The van der Waals surface area contributed by atoms with Gasteiger partial charge in [0.25, 0.3) is 0 Å². The standard InChI is InChI=1S/C25H20F2N2O2/c1-14-21(20-17(26)11-7-12-18(20)27)25(16-10-5-6-13-19(16)28-24(25)31)22(29-23(14)30)15-8-3-2-4-9-15/h2-14,21-22H,1H3,(H,28,31)(H,29,30)/t14-,21-,22+,25-/m0/s1. The number of piperidine rings is 1. The van der Waals surface area contributed by atoms with Crippen LogP contribution >= 0.6 is 0 Å². The van der Waals surface area contributed by atoms with Gasteiger partial charge in [-0.15, -0.1) is 0 Å². The predicted molar refractivity (Wildman–Crippen MR) is 112 cm³/mol. The van der Waals surface area contributed by atoms with Crippen molar-refractivity contribution in [2.45, 2.75) is 24.3 Å². The molecule has 156 valence electrons. The zero-order valence-corrected chi connectivity index (χ0v) is 16.7. The molecule has 3 aromatic rings. The molecular formula is C25H20F2N2O2. The van der Waals surface area contributed by atoms with Gasteiger partial charge in [-0.2, -0.15) is 0 Å². The van der Waals surface area contributed by atoms with Crippen LogP contribution in [0.4, 0.5) is 14.5 Å². The van der Waals surface area contributed by atoms with Gasteiger partial charge in [0.15, 0.2) is 0 Å². The van der Waals surface area contributed by atoms with Gasteiger partial charge in [-0.25, -0.2) is 8.78 Å². The lowest BCUT2D eigenvalue weighted by Crippen LogP contribution is -2.60. The van der Waals surface area contributed by atoms with Crippen LogP contribution in [0.3, 0.4) is 0 Å².